The number of nitrogens with one attached hydrogen (secondary N) is 1. The minimum Gasteiger partial charge on any atom is -0.354 e. The van der Waals surface area contributed by atoms with Crippen LogP contribution in [0, 0.1) is 13.8 Å². The maximum Gasteiger partial charge on any atom is 0.135 e. The number of aromatic nitrogens is 2. The van der Waals surface area contributed by atoms with Gasteiger partial charge in [-0.05, 0) is 44.2 Å². The Kier molecular flexibility index (Phi) is 4.24. The molecule has 5 heteroatoms. The summed E-state index contributed by atoms with van der Waals surface area (Å²) in [6.45, 7) is 8.41. The average Bonchev–Trinajstić information content (AvgIpc) is 2.52. The second-order valence-electron chi connectivity index (χ2n) is 5.98. The lowest BCUT2D eigenvalue weighted by molar-refractivity contribution is 0.312. The summed E-state index contributed by atoms with van der Waals surface area (Å²) in [5, 5.41) is 3.37. The Bertz CT molecular complexity index is 647. The van der Waals surface area contributed by atoms with E-state index < -0.39 is 0 Å². The van der Waals surface area contributed by atoms with Gasteiger partial charge in [0.1, 0.15) is 18.0 Å². The number of benzene rings is 1. The Morgan fingerprint density at radius 3 is 2.45 bits per heavy atom. The van der Waals surface area contributed by atoms with Crippen LogP contribution in [0.25, 0.3) is 0 Å². The van der Waals surface area contributed by atoms with Crippen LogP contribution in [0.3, 0.4) is 0 Å². The van der Waals surface area contributed by atoms with E-state index in [1.54, 1.807) is 6.33 Å². The maximum absolute atomic E-state index is 4.42. The summed E-state index contributed by atoms with van der Waals surface area (Å²) < 4.78 is 0. The highest BCUT2D eigenvalue weighted by atomic mass is 15.3. The molecule has 0 aliphatic carbocycles. The van der Waals surface area contributed by atoms with Crippen molar-refractivity contribution < 1.29 is 0 Å². The van der Waals surface area contributed by atoms with Gasteiger partial charge in [0.05, 0.1) is 0 Å². The molecule has 0 radical (unpaired) electrons. The Morgan fingerprint density at radius 2 is 1.73 bits per heavy atom. The molecule has 0 saturated carbocycles. The molecule has 2 aromatic rings. The Balaban J connectivity index is 1.74. The van der Waals surface area contributed by atoms with E-state index in [1.165, 1.54) is 11.1 Å². The molecule has 1 aliphatic rings. The van der Waals surface area contributed by atoms with Crippen LogP contribution in [0.4, 0.5) is 17.3 Å². The van der Waals surface area contributed by atoms with Crippen molar-refractivity contribution in [3.63, 3.8) is 0 Å². The molecular formula is C17H23N5. The van der Waals surface area contributed by atoms with Crippen LogP contribution >= 0.6 is 0 Å². The smallest absolute Gasteiger partial charge is 0.135 e. The first-order valence-electron chi connectivity index (χ1n) is 7.71. The minimum atomic E-state index is 0.840. The number of hydrogen-bond donors (Lipinski definition) is 1. The molecule has 1 N–H and O–H groups in total. The summed E-state index contributed by atoms with van der Waals surface area (Å²) in [7, 11) is 2.16. The summed E-state index contributed by atoms with van der Waals surface area (Å²) in [4.78, 5) is 13.4. The third-order valence-corrected chi connectivity index (χ3v) is 4.26. The van der Waals surface area contributed by atoms with Crippen LogP contribution in [-0.2, 0) is 0 Å². The molecule has 3 rings (SSSR count). The van der Waals surface area contributed by atoms with Gasteiger partial charge in [-0.2, -0.15) is 0 Å². The van der Waals surface area contributed by atoms with E-state index in [0.29, 0.717) is 0 Å². The molecule has 2 heterocycles. The van der Waals surface area contributed by atoms with E-state index in [1.807, 2.05) is 6.07 Å². The molecule has 22 heavy (non-hydrogen) atoms. The summed E-state index contributed by atoms with van der Waals surface area (Å²) in [5.41, 5.74) is 3.64. The number of rotatable bonds is 3. The van der Waals surface area contributed by atoms with Gasteiger partial charge in [-0.25, -0.2) is 9.97 Å². The molecule has 1 aliphatic heterocycles. The van der Waals surface area contributed by atoms with E-state index in [0.717, 1.165) is 43.5 Å². The van der Waals surface area contributed by atoms with Crippen LogP contribution in [0.15, 0.2) is 30.6 Å². The average molecular weight is 297 g/mol. The molecule has 116 valence electrons. The Hall–Kier alpha value is -2.14. The molecule has 5 nitrogen and oxygen atoms in total. The standard InChI is InChI=1S/C17H23N5/c1-13-4-5-15(10-14(13)2)20-16-11-17(19-12-18-16)22-8-6-21(3)7-9-22/h4-5,10-12H,6-9H2,1-3H3,(H,18,19,20). The molecule has 0 atom stereocenters. The third-order valence-electron chi connectivity index (χ3n) is 4.26. The second-order valence-corrected chi connectivity index (χ2v) is 5.98. The van der Waals surface area contributed by atoms with Crippen molar-refractivity contribution in [3.8, 4) is 0 Å². The number of piperazine rings is 1. The van der Waals surface area contributed by atoms with Crippen LogP contribution in [0.5, 0.6) is 0 Å². The van der Waals surface area contributed by atoms with Gasteiger partial charge in [-0.1, -0.05) is 6.07 Å². The van der Waals surface area contributed by atoms with E-state index in [4.69, 9.17) is 0 Å². The van der Waals surface area contributed by atoms with Crippen molar-refractivity contribution in [1.29, 1.82) is 0 Å². The highest BCUT2D eigenvalue weighted by molar-refractivity contribution is 5.60. The first-order valence-corrected chi connectivity index (χ1v) is 7.71. The number of anilines is 3. The number of aryl methyl sites for hydroxylation is 2. The molecular weight excluding hydrogens is 274 g/mol. The monoisotopic (exact) mass is 297 g/mol. The SMILES string of the molecule is Cc1ccc(Nc2cc(N3CCN(C)CC3)ncn2)cc1C. The summed E-state index contributed by atoms with van der Waals surface area (Å²) in [6.07, 6.45) is 1.64. The topological polar surface area (TPSA) is 44.3 Å². The molecule has 1 aromatic heterocycles. The molecule has 0 spiro atoms. The fraction of sp³-hybridized carbons (Fsp3) is 0.412. The third kappa shape index (κ3) is 3.36. The fourth-order valence-electron chi connectivity index (χ4n) is 2.59. The van der Waals surface area contributed by atoms with Crippen LogP contribution in [0.2, 0.25) is 0 Å². The lowest BCUT2D eigenvalue weighted by Crippen LogP contribution is -2.44. The van der Waals surface area contributed by atoms with E-state index in [9.17, 15) is 0 Å². The van der Waals surface area contributed by atoms with Gasteiger partial charge in [0.25, 0.3) is 0 Å². The molecule has 1 aromatic carbocycles. The Labute approximate surface area is 132 Å². The summed E-state index contributed by atoms with van der Waals surface area (Å²) in [6, 6.07) is 8.38. The minimum absolute atomic E-state index is 0.840. The lowest BCUT2D eigenvalue weighted by Gasteiger charge is -2.33. The predicted octanol–water partition coefficient (Wildman–Crippen LogP) is 2.59. The van der Waals surface area contributed by atoms with Crippen molar-refractivity contribution >= 4 is 17.3 Å². The van der Waals surface area contributed by atoms with Crippen molar-refractivity contribution in [2.75, 3.05) is 43.4 Å². The first kappa shape index (κ1) is 14.8. The van der Waals surface area contributed by atoms with Gasteiger partial charge < -0.3 is 15.1 Å². The number of nitrogens with zero attached hydrogens (tertiary/aromatic N) is 4. The molecule has 0 unspecified atom stereocenters. The van der Waals surface area contributed by atoms with Crippen LogP contribution in [-0.4, -0.2) is 48.1 Å². The highest BCUT2D eigenvalue weighted by Crippen LogP contribution is 2.21. The fourth-order valence-corrected chi connectivity index (χ4v) is 2.59. The van der Waals surface area contributed by atoms with Gasteiger partial charge in [-0.15, -0.1) is 0 Å². The number of likely N-dealkylation sites (N-methyl/N-ethyl adjacent to an activating group) is 1. The van der Waals surface area contributed by atoms with Gasteiger partial charge in [0.15, 0.2) is 0 Å². The predicted molar refractivity (Wildman–Crippen MR) is 90.9 cm³/mol. The maximum atomic E-state index is 4.42. The van der Waals surface area contributed by atoms with E-state index >= 15 is 0 Å². The zero-order chi connectivity index (χ0) is 15.5. The molecule has 0 amide bonds. The van der Waals surface area contributed by atoms with E-state index in [2.05, 4.69) is 64.2 Å². The summed E-state index contributed by atoms with van der Waals surface area (Å²) >= 11 is 0. The molecule has 0 bridgehead atoms. The second kappa shape index (κ2) is 6.32. The zero-order valence-electron chi connectivity index (χ0n) is 13.5. The van der Waals surface area contributed by atoms with E-state index in [-0.39, 0.29) is 0 Å². The van der Waals surface area contributed by atoms with Crippen molar-refractivity contribution in [2.45, 2.75) is 13.8 Å². The van der Waals surface area contributed by atoms with Crippen LogP contribution in [0.1, 0.15) is 11.1 Å². The first-order chi connectivity index (χ1) is 10.6. The Morgan fingerprint density at radius 1 is 0.955 bits per heavy atom. The van der Waals surface area contributed by atoms with Gasteiger partial charge in [-0.3, -0.25) is 0 Å². The highest BCUT2D eigenvalue weighted by Gasteiger charge is 2.15. The largest absolute Gasteiger partial charge is 0.354 e. The quantitative estimate of drug-likeness (QED) is 0.943. The van der Waals surface area contributed by atoms with Crippen molar-refractivity contribution in [1.82, 2.24) is 14.9 Å². The van der Waals surface area contributed by atoms with Gasteiger partial charge in [0.2, 0.25) is 0 Å². The molecule has 1 fully saturated rings. The zero-order valence-corrected chi connectivity index (χ0v) is 13.5. The lowest BCUT2D eigenvalue weighted by atomic mass is 10.1. The summed E-state index contributed by atoms with van der Waals surface area (Å²) in [5.74, 6) is 1.83. The van der Waals surface area contributed by atoms with Gasteiger partial charge >= 0.3 is 0 Å². The van der Waals surface area contributed by atoms with Crippen molar-refractivity contribution in [2.24, 2.45) is 0 Å². The van der Waals surface area contributed by atoms with Crippen molar-refractivity contribution in [3.05, 3.63) is 41.7 Å². The van der Waals surface area contributed by atoms with Gasteiger partial charge in [0, 0.05) is 37.9 Å². The normalized spacial score (nSPS) is 15.9. The molecule has 1 saturated heterocycles. The number of hydrogen-bond acceptors (Lipinski definition) is 5. The van der Waals surface area contributed by atoms with Crippen LogP contribution < -0.4 is 10.2 Å².